The Bertz CT molecular complexity index is 1490. The molecule has 0 unspecified atom stereocenters. The van der Waals surface area contributed by atoms with Crippen LogP contribution in [0.25, 0.3) is 0 Å². The Morgan fingerprint density at radius 3 is 2.19 bits per heavy atom. The molecule has 4 aromatic rings. The Kier molecular flexibility index (Phi) is 7.29. The molecule has 0 saturated carbocycles. The lowest BCUT2D eigenvalue weighted by Crippen LogP contribution is -2.14. The predicted molar refractivity (Wildman–Crippen MR) is 135 cm³/mol. The van der Waals surface area contributed by atoms with Gasteiger partial charge in [0.05, 0.1) is 23.4 Å². The van der Waals surface area contributed by atoms with E-state index in [1.807, 2.05) is 18.2 Å². The molecule has 1 amide bonds. The zero-order chi connectivity index (χ0) is 25.7. The highest BCUT2D eigenvalue weighted by Crippen LogP contribution is 2.34. The lowest BCUT2D eigenvalue weighted by atomic mass is 10.2. The molecule has 1 heterocycles. The molecule has 0 spiro atoms. The van der Waals surface area contributed by atoms with Crippen LogP contribution in [0.15, 0.2) is 77.7 Å². The number of rotatable bonds is 9. The molecule has 0 aliphatic carbocycles. The largest absolute Gasteiger partial charge is 0.495 e. The molecule has 0 aliphatic rings. The summed E-state index contributed by atoms with van der Waals surface area (Å²) in [4.78, 5) is 25.4. The van der Waals surface area contributed by atoms with Crippen molar-refractivity contribution < 1.29 is 22.5 Å². The number of methoxy groups -OCH3 is 1. The second-order valence-corrected chi connectivity index (χ2v) is 8.96. The Morgan fingerprint density at radius 1 is 0.917 bits per heavy atom. The Morgan fingerprint density at radius 2 is 1.58 bits per heavy atom. The zero-order valence-electron chi connectivity index (χ0n) is 18.7. The Hall–Kier alpha value is -4.26. The van der Waals surface area contributed by atoms with Crippen molar-refractivity contribution >= 4 is 62.8 Å². The third-order valence-electron chi connectivity index (χ3n) is 4.86. The van der Waals surface area contributed by atoms with E-state index in [0.29, 0.717) is 34.9 Å². The fraction of sp³-hybridized carbons (Fsp3) is 0.0435. The van der Waals surface area contributed by atoms with Gasteiger partial charge >= 0.3 is 0 Å². The van der Waals surface area contributed by atoms with E-state index in [9.17, 15) is 13.2 Å². The van der Waals surface area contributed by atoms with Crippen molar-refractivity contribution in [1.29, 1.82) is 0 Å². The molecule has 0 bridgehead atoms. The van der Waals surface area contributed by atoms with E-state index in [0.717, 1.165) is 0 Å². The second-order valence-electron chi connectivity index (χ2n) is 7.20. The summed E-state index contributed by atoms with van der Waals surface area (Å²) in [5.41, 5.74) is 2.15. The standard InChI is InChI=1S/C23H19ClN6O5S/c1-35-20-12-9-17(30(14-31)16-5-3-2-4-6-16)13-19(20)26-23-28-21(24)27-22(29-23)25-15-7-10-18(11-8-15)36(32,33)34/h2-14H,1H3,(H,32,33,34)(H2,25,26,27,28,29). The fourth-order valence-corrected chi connectivity index (χ4v) is 3.86. The summed E-state index contributed by atoms with van der Waals surface area (Å²) in [5, 5.41) is 5.80. The van der Waals surface area contributed by atoms with Crippen molar-refractivity contribution in [3.63, 3.8) is 0 Å². The van der Waals surface area contributed by atoms with Crippen molar-refractivity contribution in [2.75, 3.05) is 22.6 Å². The van der Waals surface area contributed by atoms with Crippen LogP contribution in [0.3, 0.4) is 0 Å². The summed E-state index contributed by atoms with van der Waals surface area (Å²) in [6.45, 7) is 0. The predicted octanol–water partition coefficient (Wildman–Crippen LogP) is 4.56. The van der Waals surface area contributed by atoms with Crippen LogP contribution in [0.2, 0.25) is 5.28 Å². The van der Waals surface area contributed by atoms with Crippen molar-refractivity contribution in [3.05, 3.63) is 78.1 Å². The van der Waals surface area contributed by atoms with E-state index >= 15 is 0 Å². The molecule has 0 aliphatic heterocycles. The van der Waals surface area contributed by atoms with Gasteiger partial charge in [-0.3, -0.25) is 14.2 Å². The number of nitrogens with one attached hydrogen (secondary N) is 2. The average Bonchev–Trinajstić information content (AvgIpc) is 2.85. The van der Waals surface area contributed by atoms with Gasteiger partial charge in [-0.05, 0) is 66.2 Å². The van der Waals surface area contributed by atoms with Gasteiger partial charge in [0.15, 0.2) is 0 Å². The fourth-order valence-electron chi connectivity index (χ4n) is 3.22. The maximum Gasteiger partial charge on any atom is 0.294 e. The summed E-state index contributed by atoms with van der Waals surface area (Å²) in [5.74, 6) is 0.621. The van der Waals surface area contributed by atoms with Gasteiger partial charge in [0.25, 0.3) is 10.1 Å². The van der Waals surface area contributed by atoms with Gasteiger partial charge in [0, 0.05) is 11.4 Å². The van der Waals surface area contributed by atoms with E-state index in [2.05, 4.69) is 25.6 Å². The summed E-state index contributed by atoms with van der Waals surface area (Å²) in [6.07, 6.45) is 0.704. The number of nitrogens with zero attached hydrogens (tertiary/aromatic N) is 4. The highest BCUT2D eigenvalue weighted by Gasteiger charge is 2.14. The minimum Gasteiger partial charge on any atom is -0.495 e. The smallest absolute Gasteiger partial charge is 0.294 e. The van der Waals surface area contributed by atoms with E-state index < -0.39 is 10.1 Å². The molecule has 0 saturated heterocycles. The van der Waals surface area contributed by atoms with Gasteiger partial charge in [-0.15, -0.1) is 0 Å². The molecule has 3 aromatic carbocycles. The highest BCUT2D eigenvalue weighted by molar-refractivity contribution is 7.85. The van der Waals surface area contributed by atoms with E-state index in [-0.39, 0.29) is 22.1 Å². The van der Waals surface area contributed by atoms with Crippen molar-refractivity contribution in [2.24, 2.45) is 0 Å². The third-order valence-corrected chi connectivity index (χ3v) is 5.90. The molecule has 0 radical (unpaired) electrons. The second kappa shape index (κ2) is 10.6. The number of carbonyl (C=O) groups is 1. The first kappa shape index (κ1) is 24.9. The number of ether oxygens (including phenoxy) is 1. The molecule has 36 heavy (non-hydrogen) atoms. The van der Waals surface area contributed by atoms with Crippen LogP contribution in [0.4, 0.5) is 34.6 Å². The summed E-state index contributed by atoms with van der Waals surface area (Å²) in [7, 11) is -2.82. The number of benzene rings is 3. The number of amides is 1. The molecule has 0 fully saturated rings. The van der Waals surface area contributed by atoms with E-state index in [1.165, 1.54) is 36.3 Å². The SMILES string of the molecule is COc1ccc(N(C=O)c2ccccc2)cc1Nc1nc(Cl)nc(Nc2ccc(S(=O)(=O)O)cc2)n1. The maximum absolute atomic E-state index is 11.8. The third kappa shape index (κ3) is 5.86. The number of carbonyl (C=O) groups excluding carboxylic acids is 1. The van der Waals surface area contributed by atoms with Gasteiger partial charge in [-0.1, -0.05) is 18.2 Å². The van der Waals surface area contributed by atoms with Crippen LogP contribution < -0.4 is 20.3 Å². The summed E-state index contributed by atoms with van der Waals surface area (Å²) >= 11 is 6.09. The summed E-state index contributed by atoms with van der Waals surface area (Å²) in [6, 6.07) is 19.5. The van der Waals surface area contributed by atoms with Crippen molar-refractivity contribution in [2.45, 2.75) is 4.90 Å². The van der Waals surface area contributed by atoms with Gasteiger partial charge in [-0.25, -0.2) is 0 Å². The number of halogens is 1. The van der Waals surface area contributed by atoms with Crippen molar-refractivity contribution in [3.8, 4) is 5.75 Å². The first-order valence-corrected chi connectivity index (χ1v) is 12.1. The number of hydrogen-bond acceptors (Lipinski definition) is 9. The zero-order valence-corrected chi connectivity index (χ0v) is 20.2. The summed E-state index contributed by atoms with van der Waals surface area (Å²) < 4.78 is 37.0. The molecule has 1 aromatic heterocycles. The molecule has 184 valence electrons. The van der Waals surface area contributed by atoms with Crippen LogP contribution in [-0.2, 0) is 14.9 Å². The van der Waals surface area contributed by atoms with Crippen LogP contribution in [0.1, 0.15) is 0 Å². The Labute approximate surface area is 211 Å². The normalized spacial score (nSPS) is 11.0. The lowest BCUT2D eigenvalue weighted by Gasteiger charge is -2.20. The van der Waals surface area contributed by atoms with Crippen LogP contribution in [0, 0.1) is 0 Å². The lowest BCUT2D eigenvalue weighted by molar-refractivity contribution is -0.106. The van der Waals surface area contributed by atoms with Crippen LogP contribution >= 0.6 is 11.6 Å². The van der Waals surface area contributed by atoms with E-state index in [4.69, 9.17) is 20.9 Å². The topological polar surface area (TPSA) is 147 Å². The molecule has 13 heteroatoms. The van der Waals surface area contributed by atoms with Gasteiger partial charge in [-0.2, -0.15) is 23.4 Å². The first-order chi connectivity index (χ1) is 17.3. The highest BCUT2D eigenvalue weighted by atomic mass is 35.5. The maximum atomic E-state index is 11.8. The van der Waals surface area contributed by atoms with Crippen LogP contribution in [0.5, 0.6) is 5.75 Å². The van der Waals surface area contributed by atoms with Crippen molar-refractivity contribution in [1.82, 2.24) is 15.0 Å². The number of para-hydroxylation sites is 1. The number of anilines is 6. The average molecular weight is 527 g/mol. The molecular weight excluding hydrogens is 508 g/mol. The number of aromatic nitrogens is 3. The molecule has 11 nitrogen and oxygen atoms in total. The molecule has 0 atom stereocenters. The minimum atomic E-state index is -4.31. The quantitative estimate of drug-likeness (QED) is 0.209. The van der Waals surface area contributed by atoms with E-state index in [1.54, 1.807) is 30.3 Å². The monoisotopic (exact) mass is 526 g/mol. The van der Waals surface area contributed by atoms with Gasteiger partial charge < -0.3 is 15.4 Å². The molecular formula is C23H19ClN6O5S. The van der Waals surface area contributed by atoms with Gasteiger partial charge in [0.2, 0.25) is 23.6 Å². The number of hydrogen-bond donors (Lipinski definition) is 3. The van der Waals surface area contributed by atoms with Gasteiger partial charge in [0.1, 0.15) is 5.75 Å². The molecule has 3 N–H and O–H groups in total. The Balaban J connectivity index is 1.61. The molecule has 4 rings (SSSR count). The minimum absolute atomic E-state index is 0.0750. The first-order valence-electron chi connectivity index (χ1n) is 10.3. The van der Waals surface area contributed by atoms with Crippen LogP contribution in [-0.4, -0.2) is 41.4 Å².